The molecule has 1 aliphatic carbocycles. The molecule has 0 radical (unpaired) electrons. The van der Waals surface area contributed by atoms with Crippen molar-refractivity contribution in [2.75, 3.05) is 6.61 Å². The van der Waals surface area contributed by atoms with E-state index in [-0.39, 0.29) is 12.1 Å². The molecule has 90 valence electrons. The van der Waals surface area contributed by atoms with E-state index in [0.29, 0.717) is 0 Å². The molecule has 0 aliphatic heterocycles. The van der Waals surface area contributed by atoms with E-state index in [4.69, 9.17) is 11.6 Å². The Morgan fingerprint density at radius 3 is 2.69 bits per heavy atom. The van der Waals surface area contributed by atoms with Gasteiger partial charge in [-0.1, -0.05) is 30.9 Å². The highest BCUT2D eigenvalue weighted by Gasteiger charge is 2.30. The fourth-order valence-electron chi connectivity index (χ4n) is 2.34. The van der Waals surface area contributed by atoms with Crippen LogP contribution in [0.4, 0.5) is 0 Å². The largest absolute Gasteiger partial charge is 0.394 e. The predicted octanol–water partition coefficient (Wildman–Crippen LogP) is 3.19. The lowest BCUT2D eigenvalue weighted by molar-refractivity contribution is 0.120. The van der Waals surface area contributed by atoms with Crippen molar-refractivity contribution in [2.45, 2.75) is 44.2 Å². The van der Waals surface area contributed by atoms with Gasteiger partial charge in [0.2, 0.25) is 0 Å². The van der Waals surface area contributed by atoms with E-state index >= 15 is 0 Å². The number of hydrogen-bond acceptors (Lipinski definition) is 3. The first-order valence-corrected chi connectivity index (χ1v) is 7.09. The molecule has 16 heavy (non-hydrogen) atoms. The monoisotopic (exact) mass is 259 g/mol. The number of aliphatic hydroxyl groups is 1. The second kappa shape index (κ2) is 5.50. The van der Waals surface area contributed by atoms with Gasteiger partial charge in [-0.05, 0) is 18.9 Å². The first-order valence-electron chi connectivity index (χ1n) is 5.83. The van der Waals surface area contributed by atoms with Gasteiger partial charge >= 0.3 is 0 Å². The molecule has 0 spiro atoms. The summed E-state index contributed by atoms with van der Waals surface area (Å²) in [5.41, 5.74) is -0.0469. The lowest BCUT2D eigenvalue weighted by Crippen LogP contribution is -2.49. The number of thiophene rings is 1. The summed E-state index contributed by atoms with van der Waals surface area (Å²) < 4.78 is 0. The fourth-order valence-corrected chi connectivity index (χ4v) is 3.35. The smallest absolute Gasteiger partial charge is 0.0613 e. The van der Waals surface area contributed by atoms with Gasteiger partial charge in [-0.3, -0.25) is 0 Å². The minimum atomic E-state index is -0.0469. The Morgan fingerprint density at radius 1 is 1.38 bits per heavy atom. The third-order valence-corrected chi connectivity index (χ3v) is 4.66. The van der Waals surface area contributed by atoms with Gasteiger partial charge < -0.3 is 10.4 Å². The molecular formula is C12H18ClNOS. The zero-order valence-corrected chi connectivity index (χ0v) is 10.9. The lowest BCUT2D eigenvalue weighted by atomic mass is 9.82. The molecule has 0 saturated heterocycles. The number of rotatable bonds is 4. The van der Waals surface area contributed by atoms with Crippen molar-refractivity contribution in [1.82, 2.24) is 5.32 Å². The van der Waals surface area contributed by atoms with Crippen LogP contribution in [-0.2, 0) is 6.54 Å². The summed E-state index contributed by atoms with van der Waals surface area (Å²) in [6.45, 7) is 1.06. The van der Waals surface area contributed by atoms with Gasteiger partial charge in [0, 0.05) is 22.3 Å². The standard InChI is InChI=1S/C12H18ClNOS/c13-10-6-11(16-8-10)7-14-12(9-15)4-2-1-3-5-12/h6,8,14-15H,1-5,7,9H2. The number of nitrogens with one attached hydrogen (secondary N) is 1. The Balaban J connectivity index is 1.91. The molecule has 1 aliphatic rings. The zero-order valence-electron chi connectivity index (χ0n) is 9.34. The maximum absolute atomic E-state index is 9.54. The highest BCUT2D eigenvalue weighted by molar-refractivity contribution is 7.10. The quantitative estimate of drug-likeness (QED) is 0.871. The SMILES string of the molecule is OCC1(NCc2cc(Cl)cs2)CCCCC1. The second-order valence-corrected chi connectivity index (χ2v) is 6.02. The highest BCUT2D eigenvalue weighted by atomic mass is 35.5. The van der Waals surface area contributed by atoms with Crippen LogP contribution in [0.25, 0.3) is 0 Å². The van der Waals surface area contributed by atoms with Gasteiger partial charge in [0.1, 0.15) is 0 Å². The normalized spacial score (nSPS) is 19.9. The van der Waals surface area contributed by atoms with Crippen LogP contribution in [0.1, 0.15) is 37.0 Å². The summed E-state index contributed by atoms with van der Waals surface area (Å²) in [7, 11) is 0. The molecule has 2 rings (SSSR count). The van der Waals surface area contributed by atoms with E-state index in [1.807, 2.05) is 11.4 Å². The first-order chi connectivity index (χ1) is 7.74. The van der Waals surface area contributed by atoms with Crippen molar-refractivity contribution >= 4 is 22.9 Å². The van der Waals surface area contributed by atoms with E-state index in [0.717, 1.165) is 24.4 Å². The average Bonchev–Trinajstić information content (AvgIpc) is 2.74. The van der Waals surface area contributed by atoms with Crippen LogP contribution in [0.15, 0.2) is 11.4 Å². The minimum Gasteiger partial charge on any atom is -0.394 e. The van der Waals surface area contributed by atoms with E-state index < -0.39 is 0 Å². The molecule has 4 heteroatoms. The van der Waals surface area contributed by atoms with E-state index in [1.165, 1.54) is 24.1 Å². The molecular weight excluding hydrogens is 242 g/mol. The van der Waals surface area contributed by atoms with Crippen LogP contribution in [0.2, 0.25) is 5.02 Å². The van der Waals surface area contributed by atoms with Crippen molar-refractivity contribution in [3.05, 3.63) is 21.3 Å². The Labute approximate surface area is 106 Å². The third kappa shape index (κ3) is 2.98. The lowest BCUT2D eigenvalue weighted by Gasteiger charge is -2.36. The van der Waals surface area contributed by atoms with Crippen LogP contribution in [0.3, 0.4) is 0 Å². The van der Waals surface area contributed by atoms with Crippen molar-refractivity contribution in [1.29, 1.82) is 0 Å². The zero-order chi connectivity index (χ0) is 11.4. The Bertz CT molecular complexity index is 334. The summed E-state index contributed by atoms with van der Waals surface area (Å²) in [5.74, 6) is 0. The van der Waals surface area contributed by atoms with Gasteiger partial charge in [0.15, 0.2) is 0 Å². The molecule has 0 aromatic carbocycles. The summed E-state index contributed by atoms with van der Waals surface area (Å²) in [4.78, 5) is 1.24. The van der Waals surface area contributed by atoms with Crippen molar-refractivity contribution in [3.8, 4) is 0 Å². The minimum absolute atomic E-state index is 0.0469. The third-order valence-electron chi connectivity index (χ3n) is 3.37. The van der Waals surface area contributed by atoms with Crippen LogP contribution in [0, 0.1) is 0 Å². The van der Waals surface area contributed by atoms with Crippen LogP contribution in [-0.4, -0.2) is 17.3 Å². The molecule has 2 N–H and O–H groups in total. The fraction of sp³-hybridized carbons (Fsp3) is 0.667. The molecule has 0 unspecified atom stereocenters. The van der Waals surface area contributed by atoms with Gasteiger partial charge in [0.05, 0.1) is 11.6 Å². The Hall–Kier alpha value is -0.0900. The number of hydrogen-bond donors (Lipinski definition) is 2. The van der Waals surface area contributed by atoms with E-state index in [1.54, 1.807) is 11.3 Å². The molecule has 1 fully saturated rings. The van der Waals surface area contributed by atoms with Crippen LogP contribution < -0.4 is 5.32 Å². The first kappa shape index (κ1) is 12.4. The average molecular weight is 260 g/mol. The van der Waals surface area contributed by atoms with Crippen molar-refractivity contribution < 1.29 is 5.11 Å². The topological polar surface area (TPSA) is 32.3 Å². The Kier molecular flexibility index (Phi) is 4.25. The summed E-state index contributed by atoms with van der Waals surface area (Å²) in [5, 5.41) is 15.8. The summed E-state index contributed by atoms with van der Waals surface area (Å²) in [6.07, 6.45) is 5.91. The highest BCUT2D eigenvalue weighted by Crippen LogP contribution is 2.28. The van der Waals surface area contributed by atoms with Crippen LogP contribution in [0.5, 0.6) is 0 Å². The van der Waals surface area contributed by atoms with E-state index in [2.05, 4.69) is 5.32 Å². The second-order valence-electron chi connectivity index (χ2n) is 4.58. The van der Waals surface area contributed by atoms with Crippen molar-refractivity contribution in [3.63, 3.8) is 0 Å². The molecule has 0 atom stereocenters. The molecule has 1 heterocycles. The van der Waals surface area contributed by atoms with Crippen LogP contribution >= 0.6 is 22.9 Å². The molecule has 1 aromatic rings. The van der Waals surface area contributed by atoms with Gasteiger partial charge in [-0.15, -0.1) is 11.3 Å². The predicted molar refractivity (Wildman–Crippen MR) is 69.1 cm³/mol. The molecule has 0 bridgehead atoms. The van der Waals surface area contributed by atoms with Gasteiger partial charge in [-0.2, -0.15) is 0 Å². The summed E-state index contributed by atoms with van der Waals surface area (Å²) >= 11 is 7.55. The molecule has 2 nitrogen and oxygen atoms in total. The molecule has 1 saturated carbocycles. The maximum atomic E-state index is 9.54. The maximum Gasteiger partial charge on any atom is 0.0613 e. The van der Waals surface area contributed by atoms with Gasteiger partial charge in [0.25, 0.3) is 0 Å². The summed E-state index contributed by atoms with van der Waals surface area (Å²) in [6, 6.07) is 1.99. The number of halogens is 1. The van der Waals surface area contributed by atoms with Gasteiger partial charge in [-0.25, -0.2) is 0 Å². The Morgan fingerprint density at radius 2 is 2.12 bits per heavy atom. The number of aliphatic hydroxyl groups excluding tert-OH is 1. The van der Waals surface area contributed by atoms with Crippen molar-refractivity contribution in [2.24, 2.45) is 0 Å². The molecule has 1 aromatic heterocycles. The molecule has 0 amide bonds. The van der Waals surface area contributed by atoms with E-state index in [9.17, 15) is 5.11 Å².